The van der Waals surface area contributed by atoms with Crippen LogP contribution in [-0.2, 0) is 6.54 Å². The number of para-hydroxylation sites is 1. The normalized spacial score (nSPS) is 16.3. The third-order valence-corrected chi connectivity index (χ3v) is 6.56. The van der Waals surface area contributed by atoms with Crippen molar-refractivity contribution in [2.75, 3.05) is 31.1 Å². The number of nitrogens with one attached hydrogen (secondary N) is 1. The van der Waals surface area contributed by atoms with Gasteiger partial charge in [-0.2, -0.15) is 0 Å². The van der Waals surface area contributed by atoms with Crippen LogP contribution in [0, 0.1) is 5.82 Å². The van der Waals surface area contributed by atoms with Crippen molar-refractivity contribution < 1.29 is 9.29 Å². The lowest BCUT2D eigenvalue weighted by Gasteiger charge is -2.37. The molecular formula is C21H28FN6S+. The van der Waals surface area contributed by atoms with Gasteiger partial charge in [-0.25, -0.2) is 9.07 Å². The van der Waals surface area contributed by atoms with Crippen molar-refractivity contribution in [1.29, 1.82) is 0 Å². The van der Waals surface area contributed by atoms with Crippen LogP contribution in [0.3, 0.4) is 0 Å². The molecule has 1 aliphatic heterocycles. The van der Waals surface area contributed by atoms with E-state index in [1.165, 1.54) is 15.8 Å². The smallest absolute Gasteiger partial charge is 0.209 e. The molecular weight excluding hydrogens is 387 g/mol. The van der Waals surface area contributed by atoms with Gasteiger partial charge < -0.3 is 9.80 Å². The number of benzene rings is 1. The van der Waals surface area contributed by atoms with Crippen molar-refractivity contribution >= 4 is 17.0 Å². The second-order valence-electron chi connectivity index (χ2n) is 7.57. The van der Waals surface area contributed by atoms with E-state index in [1.807, 2.05) is 16.8 Å². The number of rotatable bonds is 8. The van der Waals surface area contributed by atoms with Gasteiger partial charge in [0.15, 0.2) is 0 Å². The van der Waals surface area contributed by atoms with Crippen molar-refractivity contribution in [3.63, 3.8) is 0 Å². The number of unbranched alkanes of at least 4 members (excludes halogenated alkanes) is 1. The molecule has 1 atom stereocenters. The van der Waals surface area contributed by atoms with Crippen LogP contribution >= 0.6 is 11.3 Å². The van der Waals surface area contributed by atoms with Crippen molar-refractivity contribution in [3.05, 3.63) is 58.3 Å². The molecule has 4 rings (SSSR count). The quantitative estimate of drug-likeness (QED) is 0.614. The third-order valence-electron chi connectivity index (χ3n) is 5.69. The molecule has 1 fully saturated rings. The zero-order valence-electron chi connectivity index (χ0n) is 16.8. The van der Waals surface area contributed by atoms with Crippen molar-refractivity contribution in [2.45, 2.75) is 38.8 Å². The monoisotopic (exact) mass is 415 g/mol. The highest BCUT2D eigenvalue weighted by Crippen LogP contribution is 2.20. The standard InChI is InChI=1S/C21H27FN6S/c1-2-3-9-20(21-23-24-25-28(21)16-17-7-6-15-29-17)27-13-11-26(12-14-27)19-10-5-4-8-18(19)22/h4-8,10,15,20H,2-3,9,11-14,16H2,1H3/p+1/t20-/m0/s1. The Morgan fingerprint density at radius 2 is 2.00 bits per heavy atom. The molecule has 3 heterocycles. The van der Waals surface area contributed by atoms with Gasteiger partial charge in [0.1, 0.15) is 11.9 Å². The first-order valence-corrected chi connectivity index (χ1v) is 11.3. The molecule has 3 aromatic rings. The van der Waals surface area contributed by atoms with E-state index in [4.69, 9.17) is 0 Å². The molecule has 0 radical (unpaired) electrons. The number of piperazine rings is 1. The second-order valence-corrected chi connectivity index (χ2v) is 8.60. The summed E-state index contributed by atoms with van der Waals surface area (Å²) in [5.41, 5.74) is 0.708. The minimum Gasteiger partial charge on any atom is -0.358 e. The largest absolute Gasteiger partial charge is 0.358 e. The van der Waals surface area contributed by atoms with Crippen LogP contribution in [0.5, 0.6) is 0 Å². The van der Waals surface area contributed by atoms with Crippen molar-refractivity contribution in [2.24, 2.45) is 0 Å². The lowest BCUT2D eigenvalue weighted by atomic mass is 10.1. The van der Waals surface area contributed by atoms with Crippen LogP contribution in [0.4, 0.5) is 10.1 Å². The fourth-order valence-electron chi connectivity index (χ4n) is 4.14. The highest BCUT2D eigenvalue weighted by molar-refractivity contribution is 7.09. The Kier molecular flexibility index (Phi) is 6.51. The fraction of sp³-hybridized carbons (Fsp3) is 0.476. The van der Waals surface area contributed by atoms with Gasteiger partial charge >= 0.3 is 0 Å². The Labute approximate surface area is 174 Å². The minimum atomic E-state index is -0.140. The number of quaternary nitrogens is 1. The van der Waals surface area contributed by atoms with Gasteiger partial charge in [-0.3, -0.25) is 0 Å². The summed E-state index contributed by atoms with van der Waals surface area (Å²) < 4.78 is 16.1. The molecule has 0 saturated carbocycles. The molecule has 1 aliphatic rings. The molecule has 0 amide bonds. The molecule has 2 aromatic heterocycles. The van der Waals surface area contributed by atoms with Crippen LogP contribution in [-0.4, -0.2) is 46.4 Å². The van der Waals surface area contributed by atoms with E-state index in [9.17, 15) is 4.39 Å². The van der Waals surface area contributed by atoms with Gasteiger partial charge in [-0.05, 0) is 40.4 Å². The molecule has 29 heavy (non-hydrogen) atoms. The number of thiophene rings is 1. The second kappa shape index (κ2) is 9.45. The zero-order chi connectivity index (χ0) is 20.1. The molecule has 0 aliphatic carbocycles. The lowest BCUT2D eigenvalue weighted by molar-refractivity contribution is -0.933. The number of anilines is 1. The first-order valence-electron chi connectivity index (χ1n) is 10.4. The highest BCUT2D eigenvalue weighted by atomic mass is 32.1. The van der Waals surface area contributed by atoms with E-state index in [1.54, 1.807) is 17.4 Å². The van der Waals surface area contributed by atoms with E-state index < -0.39 is 0 Å². The minimum absolute atomic E-state index is 0.140. The predicted molar refractivity (Wildman–Crippen MR) is 113 cm³/mol. The molecule has 1 saturated heterocycles. The van der Waals surface area contributed by atoms with Gasteiger partial charge in [0.25, 0.3) is 0 Å². The average Bonchev–Trinajstić information content (AvgIpc) is 3.42. The Hall–Kier alpha value is -2.32. The number of hydrogen-bond donors (Lipinski definition) is 1. The van der Waals surface area contributed by atoms with E-state index >= 15 is 0 Å². The summed E-state index contributed by atoms with van der Waals surface area (Å²) in [5.74, 6) is 0.833. The molecule has 1 N–H and O–H groups in total. The number of aromatic nitrogens is 4. The van der Waals surface area contributed by atoms with Gasteiger partial charge in [-0.1, -0.05) is 31.5 Å². The molecule has 8 heteroatoms. The van der Waals surface area contributed by atoms with Crippen LogP contribution in [0.2, 0.25) is 0 Å². The Balaban J connectivity index is 1.48. The zero-order valence-corrected chi connectivity index (χ0v) is 17.6. The van der Waals surface area contributed by atoms with Crippen LogP contribution in [0.1, 0.15) is 42.9 Å². The summed E-state index contributed by atoms with van der Waals surface area (Å²) in [6.07, 6.45) is 3.37. The summed E-state index contributed by atoms with van der Waals surface area (Å²) in [6, 6.07) is 11.5. The molecule has 0 unspecified atom stereocenters. The number of tetrazole rings is 1. The maximum Gasteiger partial charge on any atom is 0.209 e. The first-order chi connectivity index (χ1) is 14.3. The summed E-state index contributed by atoms with van der Waals surface area (Å²) in [5, 5.41) is 14.8. The van der Waals surface area contributed by atoms with E-state index in [2.05, 4.69) is 44.9 Å². The fourth-order valence-corrected chi connectivity index (χ4v) is 4.83. The topological polar surface area (TPSA) is 51.3 Å². The van der Waals surface area contributed by atoms with Crippen LogP contribution in [0.15, 0.2) is 41.8 Å². The number of halogens is 1. The molecule has 1 aromatic carbocycles. The summed E-state index contributed by atoms with van der Waals surface area (Å²) in [4.78, 5) is 4.91. The summed E-state index contributed by atoms with van der Waals surface area (Å²) >= 11 is 1.73. The average molecular weight is 416 g/mol. The summed E-state index contributed by atoms with van der Waals surface area (Å²) in [6.45, 7) is 6.52. The maximum absolute atomic E-state index is 14.2. The Morgan fingerprint density at radius 3 is 2.72 bits per heavy atom. The highest BCUT2D eigenvalue weighted by Gasteiger charge is 2.32. The molecule has 154 valence electrons. The van der Waals surface area contributed by atoms with Gasteiger partial charge in [-0.15, -0.1) is 16.4 Å². The maximum atomic E-state index is 14.2. The van der Waals surface area contributed by atoms with Crippen molar-refractivity contribution in [1.82, 2.24) is 20.2 Å². The van der Waals surface area contributed by atoms with Gasteiger partial charge in [0, 0.05) is 11.3 Å². The van der Waals surface area contributed by atoms with Crippen LogP contribution in [0.25, 0.3) is 0 Å². The number of hydrogen-bond acceptors (Lipinski definition) is 5. The predicted octanol–water partition coefficient (Wildman–Crippen LogP) is 2.56. The first kappa shape index (κ1) is 20.0. The molecule has 0 spiro atoms. The third kappa shape index (κ3) is 4.64. The van der Waals surface area contributed by atoms with E-state index in [-0.39, 0.29) is 11.9 Å². The molecule has 6 nitrogen and oxygen atoms in total. The Bertz CT molecular complexity index is 888. The lowest BCUT2D eigenvalue weighted by Crippen LogP contribution is -3.15. The van der Waals surface area contributed by atoms with E-state index in [0.717, 1.165) is 57.8 Å². The molecule has 0 bridgehead atoms. The van der Waals surface area contributed by atoms with Gasteiger partial charge in [0.05, 0.1) is 38.4 Å². The SMILES string of the molecule is CCCC[C@@H](c1nnnn1Cc1cccs1)[NH+]1CCN(c2ccccc2F)CC1. The number of nitrogens with zero attached hydrogens (tertiary/aromatic N) is 5. The Morgan fingerprint density at radius 1 is 1.17 bits per heavy atom. The van der Waals surface area contributed by atoms with Gasteiger partial charge in [0.2, 0.25) is 5.82 Å². The van der Waals surface area contributed by atoms with Crippen LogP contribution < -0.4 is 9.80 Å². The summed E-state index contributed by atoms with van der Waals surface area (Å²) in [7, 11) is 0. The van der Waals surface area contributed by atoms with Crippen molar-refractivity contribution in [3.8, 4) is 0 Å². The van der Waals surface area contributed by atoms with E-state index in [0.29, 0.717) is 5.69 Å².